The van der Waals surface area contributed by atoms with Crippen LogP contribution >= 0.6 is 11.8 Å². The Bertz CT molecular complexity index is 480. The third-order valence-corrected chi connectivity index (χ3v) is 3.87. The van der Waals surface area contributed by atoms with Gasteiger partial charge in [0, 0.05) is 22.3 Å². The first kappa shape index (κ1) is 16.6. The summed E-state index contributed by atoms with van der Waals surface area (Å²) in [4.78, 5) is 11.6. The molecular weight excluding hydrogens is 291 g/mol. The lowest BCUT2D eigenvalue weighted by Crippen LogP contribution is -2.30. The van der Waals surface area contributed by atoms with Gasteiger partial charge in [0.2, 0.25) is 5.91 Å². The summed E-state index contributed by atoms with van der Waals surface area (Å²) in [5.74, 6) is 4.68. The zero-order valence-electron chi connectivity index (χ0n) is 10.8. The van der Waals surface area contributed by atoms with E-state index in [1.807, 2.05) is 12.3 Å². The van der Waals surface area contributed by atoms with Crippen molar-refractivity contribution < 1.29 is 18.0 Å². The number of nitrogen functional groups attached to an aromatic ring is 1. The number of amides is 1. The standard InChI is InChI=1S/C12H16F3N3OS/c1-7(2-5-11(19)18-17)20-10-4-3-8(6-9(10)16)12(13,14)15/h3-4,6-7H,2,5,16-17H2,1H3,(H,18,19). The maximum Gasteiger partial charge on any atom is 0.416 e. The van der Waals surface area contributed by atoms with Crippen LogP contribution in [0.4, 0.5) is 18.9 Å². The molecule has 1 aromatic carbocycles. The summed E-state index contributed by atoms with van der Waals surface area (Å²) in [6.07, 6.45) is -3.60. The van der Waals surface area contributed by atoms with Crippen molar-refractivity contribution in [1.29, 1.82) is 0 Å². The van der Waals surface area contributed by atoms with Crippen molar-refractivity contribution in [2.75, 3.05) is 5.73 Å². The topological polar surface area (TPSA) is 81.1 Å². The monoisotopic (exact) mass is 307 g/mol. The quantitative estimate of drug-likeness (QED) is 0.257. The molecule has 0 saturated carbocycles. The van der Waals surface area contributed by atoms with Crippen LogP contribution in [0.25, 0.3) is 0 Å². The van der Waals surface area contributed by atoms with Crippen LogP contribution in [0.2, 0.25) is 0 Å². The third-order valence-electron chi connectivity index (χ3n) is 2.60. The summed E-state index contributed by atoms with van der Waals surface area (Å²) in [5, 5.41) is 0.0336. The van der Waals surface area contributed by atoms with Crippen molar-refractivity contribution in [2.24, 2.45) is 5.84 Å². The van der Waals surface area contributed by atoms with Gasteiger partial charge in [0.25, 0.3) is 0 Å². The van der Waals surface area contributed by atoms with E-state index >= 15 is 0 Å². The largest absolute Gasteiger partial charge is 0.416 e. The Morgan fingerprint density at radius 3 is 2.60 bits per heavy atom. The number of alkyl halides is 3. The molecule has 0 aliphatic carbocycles. The zero-order chi connectivity index (χ0) is 15.3. The van der Waals surface area contributed by atoms with Crippen molar-refractivity contribution in [1.82, 2.24) is 5.43 Å². The van der Waals surface area contributed by atoms with Gasteiger partial charge < -0.3 is 5.73 Å². The van der Waals surface area contributed by atoms with Crippen molar-refractivity contribution >= 4 is 23.4 Å². The van der Waals surface area contributed by atoms with Gasteiger partial charge in [-0.25, -0.2) is 5.84 Å². The van der Waals surface area contributed by atoms with Crippen molar-refractivity contribution in [3.05, 3.63) is 23.8 Å². The fraction of sp³-hybridized carbons (Fsp3) is 0.417. The number of thioether (sulfide) groups is 1. The van der Waals surface area contributed by atoms with Crippen LogP contribution < -0.4 is 17.0 Å². The van der Waals surface area contributed by atoms with E-state index in [-0.39, 0.29) is 23.3 Å². The Kier molecular flexibility index (Phi) is 5.70. The Morgan fingerprint density at radius 2 is 2.10 bits per heavy atom. The second kappa shape index (κ2) is 6.85. The van der Waals surface area contributed by atoms with E-state index in [1.165, 1.54) is 17.8 Å². The van der Waals surface area contributed by atoms with Crippen LogP contribution in [-0.2, 0) is 11.0 Å². The minimum absolute atomic E-state index is 0.0336. The molecule has 1 atom stereocenters. The molecule has 0 fully saturated rings. The summed E-state index contributed by atoms with van der Waals surface area (Å²) in [6, 6.07) is 3.27. The van der Waals surface area contributed by atoms with Crippen molar-refractivity contribution in [2.45, 2.75) is 36.1 Å². The first-order chi connectivity index (χ1) is 9.24. The molecule has 5 N–H and O–H groups in total. The number of hydrogen-bond acceptors (Lipinski definition) is 4. The van der Waals surface area contributed by atoms with Gasteiger partial charge in [0.15, 0.2) is 0 Å². The minimum Gasteiger partial charge on any atom is -0.398 e. The molecule has 1 aromatic rings. The SMILES string of the molecule is CC(CCC(=O)NN)Sc1ccc(C(F)(F)F)cc1N. The Balaban J connectivity index is 2.67. The number of benzene rings is 1. The van der Waals surface area contributed by atoms with Crippen LogP contribution in [0.5, 0.6) is 0 Å². The Hall–Kier alpha value is -1.41. The molecule has 0 radical (unpaired) electrons. The lowest BCUT2D eigenvalue weighted by Gasteiger charge is -2.14. The van der Waals surface area contributed by atoms with Crippen LogP contribution in [0.3, 0.4) is 0 Å². The van der Waals surface area contributed by atoms with Gasteiger partial charge in [-0.05, 0) is 24.6 Å². The van der Waals surface area contributed by atoms with E-state index in [9.17, 15) is 18.0 Å². The molecule has 0 aliphatic rings. The van der Waals surface area contributed by atoms with Gasteiger partial charge in [0.1, 0.15) is 0 Å². The third kappa shape index (κ3) is 4.93. The summed E-state index contributed by atoms with van der Waals surface area (Å²) < 4.78 is 37.5. The first-order valence-corrected chi connectivity index (χ1v) is 6.75. The highest BCUT2D eigenvalue weighted by molar-refractivity contribution is 8.00. The van der Waals surface area contributed by atoms with Gasteiger partial charge in [-0.2, -0.15) is 13.2 Å². The first-order valence-electron chi connectivity index (χ1n) is 5.87. The van der Waals surface area contributed by atoms with Crippen molar-refractivity contribution in [3.8, 4) is 0 Å². The van der Waals surface area contributed by atoms with E-state index in [2.05, 4.69) is 0 Å². The van der Waals surface area contributed by atoms with Gasteiger partial charge in [-0.15, -0.1) is 11.8 Å². The minimum atomic E-state index is -4.40. The molecule has 1 amide bonds. The number of hydrogen-bond donors (Lipinski definition) is 3. The number of hydrazine groups is 1. The average Bonchev–Trinajstić information content (AvgIpc) is 2.37. The predicted octanol–water partition coefficient (Wildman–Crippen LogP) is 2.54. The van der Waals surface area contributed by atoms with Gasteiger partial charge in [-0.1, -0.05) is 6.92 Å². The highest BCUT2D eigenvalue weighted by Gasteiger charge is 2.30. The lowest BCUT2D eigenvalue weighted by molar-refractivity contribution is -0.137. The molecule has 8 heteroatoms. The molecule has 1 rings (SSSR count). The molecule has 0 saturated heterocycles. The second-order valence-corrected chi connectivity index (χ2v) is 5.77. The normalized spacial score (nSPS) is 13.1. The summed E-state index contributed by atoms with van der Waals surface area (Å²) in [7, 11) is 0. The van der Waals surface area contributed by atoms with Crippen molar-refractivity contribution in [3.63, 3.8) is 0 Å². The van der Waals surface area contributed by atoms with Crippen LogP contribution in [0.15, 0.2) is 23.1 Å². The second-order valence-electron chi connectivity index (χ2n) is 4.29. The Labute approximate surface area is 119 Å². The van der Waals surface area contributed by atoms with Crippen LogP contribution in [0, 0.1) is 0 Å². The molecule has 0 bridgehead atoms. The average molecular weight is 307 g/mol. The number of halogens is 3. The Morgan fingerprint density at radius 1 is 1.45 bits per heavy atom. The number of nitrogens with one attached hydrogen (secondary N) is 1. The molecule has 20 heavy (non-hydrogen) atoms. The van der Waals surface area contributed by atoms with Crippen LogP contribution in [0.1, 0.15) is 25.3 Å². The molecule has 0 aliphatic heterocycles. The fourth-order valence-corrected chi connectivity index (χ4v) is 2.53. The smallest absolute Gasteiger partial charge is 0.398 e. The van der Waals surface area contributed by atoms with Crippen LogP contribution in [-0.4, -0.2) is 11.2 Å². The molecule has 0 aromatic heterocycles. The maximum atomic E-state index is 12.5. The maximum absolute atomic E-state index is 12.5. The van der Waals surface area contributed by atoms with Gasteiger partial charge in [-0.3, -0.25) is 10.2 Å². The molecular formula is C12H16F3N3OS. The summed E-state index contributed by atoms with van der Waals surface area (Å²) in [5.41, 5.74) is 6.96. The number of carbonyl (C=O) groups excluding carboxylic acids is 1. The van der Waals surface area contributed by atoms with Gasteiger partial charge in [0.05, 0.1) is 5.56 Å². The summed E-state index contributed by atoms with van der Waals surface area (Å²) >= 11 is 1.33. The number of rotatable bonds is 5. The number of carbonyl (C=O) groups is 1. The van der Waals surface area contributed by atoms with E-state index in [0.717, 1.165) is 12.1 Å². The summed E-state index contributed by atoms with van der Waals surface area (Å²) in [6.45, 7) is 1.87. The molecule has 1 unspecified atom stereocenters. The predicted molar refractivity (Wildman–Crippen MR) is 72.7 cm³/mol. The van der Waals surface area contributed by atoms with E-state index in [0.29, 0.717) is 11.3 Å². The van der Waals surface area contributed by atoms with E-state index in [4.69, 9.17) is 11.6 Å². The molecule has 0 heterocycles. The van der Waals surface area contributed by atoms with Gasteiger partial charge >= 0.3 is 6.18 Å². The fourth-order valence-electron chi connectivity index (χ4n) is 1.51. The highest BCUT2D eigenvalue weighted by atomic mass is 32.2. The number of anilines is 1. The van der Waals surface area contributed by atoms with E-state index < -0.39 is 11.7 Å². The molecule has 0 spiro atoms. The molecule has 4 nitrogen and oxygen atoms in total. The lowest BCUT2D eigenvalue weighted by atomic mass is 10.2. The highest BCUT2D eigenvalue weighted by Crippen LogP contribution is 2.36. The number of nitrogens with two attached hydrogens (primary N) is 2. The molecule has 112 valence electrons. The zero-order valence-corrected chi connectivity index (χ0v) is 11.6. The van der Waals surface area contributed by atoms with E-state index in [1.54, 1.807) is 0 Å².